The van der Waals surface area contributed by atoms with Crippen LogP contribution in [0.1, 0.15) is 45.8 Å². The number of aromatic nitrogens is 1. The molecule has 0 unspecified atom stereocenters. The Balaban J connectivity index is 2.28. The van der Waals surface area contributed by atoms with Crippen LogP contribution in [0.25, 0.3) is 0 Å². The van der Waals surface area contributed by atoms with Crippen molar-refractivity contribution in [2.45, 2.75) is 53.0 Å². The summed E-state index contributed by atoms with van der Waals surface area (Å²) < 4.78 is 5.66. The zero-order chi connectivity index (χ0) is 12.0. The Bertz CT molecular complexity index is 292. The van der Waals surface area contributed by atoms with Gasteiger partial charge in [0.1, 0.15) is 5.76 Å². The average molecular weight is 224 g/mol. The Morgan fingerprint density at radius 2 is 2.00 bits per heavy atom. The van der Waals surface area contributed by atoms with E-state index in [0.717, 1.165) is 37.0 Å². The van der Waals surface area contributed by atoms with Crippen molar-refractivity contribution < 1.29 is 4.42 Å². The molecule has 16 heavy (non-hydrogen) atoms. The topological polar surface area (TPSA) is 38.1 Å². The Morgan fingerprint density at radius 1 is 1.25 bits per heavy atom. The van der Waals surface area contributed by atoms with Crippen molar-refractivity contribution in [3.8, 4) is 0 Å². The summed E-state index contributed by atoms with van der Waals surface area (Å²) in [5.74, 6) is 2.59. The number of nitrogens with zero attached hydrogens (tertiary/aromatic N) is 1. The molecule has 0 amide bonds. The molecule has 1 rings (SSSR count). The highest BCUT2D eigenvalue weighted by Gasteiger charge is 2.05. The number of rotatable bonds is 7. The summed E-state index contributed by atoms with van der Waals surface area (Å²) in [6.07, 6.45) is 4.91. The van der Waals surface area contributed by atoms with Crippen LogP contribution in [0.2, 0.25) is 0 Å². The Labute approximate surface area is 98.6 Å². The van der Waals surface area contributed by atoms with Gasteiger partial charge in [0.2, 0.25) is 0 Å². The first-order chi connectivity index (χ1) is 7.58. The summed E-state index contributed by atoms with van der Waals surface area (Å²) in [5.41, 5.74) is 0. The van der Waals surface area contributed by atoms with Gasteiger partial charge in [-0.3, -0.25) is 0 Å². The first-order valence-electron chi connectivity index (χ1n) is 6.25. The van der Waals surface area contributed by atoms with Crippen LogP contribution in [0.4, 0.5) is 0 Å². The molecule has 3 nitrogen and oxygen atoms in total. The lowest BCUT2D eigenvalue weighted by molar-refractivity contribution is 0.428. The van der Waals surface area contributed by atoms with Crippen LogP contribution >= 0.6 is 0 Å². The number of oxazole rings is 1. The summed E-state index contributed by atoms with van der Waals surface area (Å²) in [7, 11) is 0. The van der Waals surface area contributed by atoms with Crippen LogP contribution < -0.4 is 5.32 Å². The molecule has 92 valence electrons. The van der Waals surface area contributed by atoms with Gasteiger partial charge in [0.15, 0.2) is 5.89 Å². The van der Waals surface area contributed by atoms with Gasteiger partial charge in [-0.2, -0.15) is 0 Å². The molecule has 1 aromatic rings. The third-order valence-electron chi connectivity index (χ3n) is 2.46. The van der Waals surface area contributed by atoms with E-state index in [9.17, 15) is 0 Å². The predicted molar refractivity (Wildman–Crippen MR) is 66.5 cm³/mol. The van der Waals surface area contributed by atoms with Crippen molar-refractivity contribution in [1.82, 2.24) is 10.3 Å². The van der Waals surface area contributed by atoms with E-state index in [1.807, 2.05) is 6.20 Å². The number of hydrogen-bond acceptors (Lipinski definition) is 3. The van der Waals surface area contributed by atoms with Crippen LogP contribution in [0, 0.1) is 5.92 Å². The maximum atomic E-state index is 5.66. The van der Waals surface area contributed by atoms with Crippen molar-refractivity contribution in [1.29, 1.82) is 0 Å². The van der Waals surface area contributed by atoms with Crippen molar-refractivity contribution >= 4 is 0 Å². The van der Waals surface area contributed by atoms with Crippen molar-refractivity contribution in [2.24, 2.45) is 5.92 Å². The lowest BCUT2D eigenvalue weighted by Crippen LogP contribution is -2.24. The Kier molecular flexibility index (Phi) is 5.53. The fraction of sp³-hybridized carbons (Fsp3) is 0.769. The molecule has 0 radical (unpaired) electrons. The lowest BCUT2D eigenvalue weighted by atomic mass is 10.1. The van der Waals surface area contributed by atoms with Gasteiger partial charge in [-0.05, 0) is 12.3 Å². The van der Waals surface area contributed by atoms with E-state index in [0.29, 0.717) is 6.04 Å². The van der Waals surface area contributed by atoms with Gasteiger partial charge in [-0.15, -0.1) is 0 Å². The van der Waals surface area contributed by atoms with Crippen LogP contribution in [0.5, 0.6) is 0 Å². The largest absolute Gasteiger partial charge is 0.446 e. The molecule has 0 aromatic carbocycles. The third-order valence-corrected chi connectivity index (χ3v) is 2.46. The van der Waals surface area contributed by atoms with Crippen LogP contribution in [-0.4, -0.2) is 17.6 Å². The van der Waals surface area contributed by atoms with E-state index in [2.05, 4.69) is 38.0 Å². The SMILES string of the molecule is CC(C)CCc1cnc(CCNC(C)C)o1. The second-order valence-electron chi connectivity index (χ2n) is 5.01. The highest BCUT2D eigenvalue weighted by molar-refractivity contribution is 4.95. The summed E-state index contributed by atoms with van der Waals surface area (Å²) in [6, 6.07) is 0.523. The minimum atomic E-state index is 0.523. The quantitative estimate of drug-likeness (QED) is 0.774. The second kappa shape index (κ2) is 6.69. The average Bonchev–Trinajstić information content (AvgIpc) is 2.62. The third kappa shape index (κ3) is 5.31. The Morgan fingerprint density at radius 3 is 2.62 bits per heavy atom. The molecule has 1 N–H and O–H groups in total. The number of nitrogens with one attached hydrogen (secondary N) is 1. The molecule has 0 saturated carbocycles. The van der Waals surface area contributed by atoms with E-state index in [4.69, 9.17) is 4.42 Å². The smallest absolute Gasteiger partial charge is 0.195 e. The normalized spacial score (nSPS) is 11.6. The maximum Gasteiger partial charge on any atom is 0.195 e. The highest BCUT2D eigenvalue weighted by atomic mass is 16.4. The van der Waals surface area contributed by atoms with Gasteiger partial charge >= 0.3 is 0 Å². The van der Waals surface area contributed by atoms with Crippen LogP contribution in [0.3, 0.4) is 0 Å². The first kappa shape index (κ1) is 13.2. The van der Waals surface area contributed by atoms with Crippen molar-refractivity contribution in [3.63, 3.8) is 0 Å². The van der Waals surface area contributed by atoms with Gasteiger partial charge in [0.25, 0.3) is 0 Å². The van der Waals surface area contributed by atoms with E-state index in [-0.39, 0.29) is 0 Å². The summed E-state index contributed by atoms with van der Waals surface area (Å²) in [5, 5.41) is 3.35. The standard InChI is InChI=1S/C13H24N2O/c1-10(2)5-6-12-9-15-13(16-12)7-8-14-11(3)4/h9-11,14H,5-8H2,1-4H3. The minimum absolute atomic E-state index is 0.523. The molecule has 0 aliphatic rings. The fourth-order valence-corrected chi connectivity index (χ4v) is 1.48. The number of aryl methyl sites for hydroxylation is 1. The molecule has 0 fully saturated rings. The molecular formula is C13H24N2O. The summed E-state index contributed by atoms with van der Waals surface area (Å²) in [6.45, 7) is 9.67. The maximum absolute atomic E-state index is 5.66. The summed E-state index contributed by atoms with van der Waals surface area (Å²) >= 11 is 0. The van der Waals surface area contributed by atoms with E-state index < -0.39 is 0 Å². The van der Waals surface area contributed by atoms with Gasteiger partial charge in [0, 0.05) is 25.4 Å². The van der Waals surface area contributed by atoms with Crippen LogP contribution in [-0.2, 0) is 12.8 Å². The fourth-order valence-electron chi connectivity index (χ4n) is 1.48. The zero-order valence-electron chi connectivity index (χ0n) is 10.9. The highest BCUT2D eigenvalue weighted by Crippen LogP contribution is 2.10. The van der Waals surface area contributed by atoms with E-state index >= 15 is 0 Å². The van der Waals surface area contributed by atoms with Gasteiger partial charge in [-0.25, -0.2) is 4.98 Å². The molecule has 0 aliphatic heterocycles. The van der Waals surface area contributed by atoms with Crippen molar-refractivity contribution in [2.75, 3.05) is 6.54 Å². The molecule has 0 atom stereocenters. The predicted octanol–water partition coefficient (Wildman–Crippen LogP) is 2.80. The molecule has 0 aliphatic carbocycles. The lowest BCUT2D eigenvalue weighted by Gasteiger charge is -2.05. The molecule has 1 heterocycles. The molecule has 0 bridgehead atoms. The zero-order valence-corrected chi connectivity index (χ0v) is 10.9. The Hall–Kier alpha value is -0.830. The molecule has 3 heteroatoms. The number of hydrogen-bond donors (Lipinski definition) is 1. The molecular weight excluding hydrogens is 200 g/mol. The van der Waals surface area contributed by atoms with Gasteiger partial charge in [-0.1, -0.05) is 27.7 Å². The van der Waals surface area contributed by atoms with Gasteiger partial charge in [0.05, 0.1) is 6.20 Å². The first-order valence-corrected chi connectivity index (χ1v) is 6.25. The van der Waals surface area contributed by atoms with E-state index in [1.165, 1.54) is 6.42 Å². The summed E-state index contributed by atoms with van der Waals surface area (Å²) in [4.78, 5) is 4.28. The molecule has 0 saturated heterocycles. The molecule has 1 aromatic heterocycles. The minimum Gasteiger partial charge on any atom is -0.446 e. The molecule has 0 spiro atoms. The van der Waals surface area contributed by atoms with Crippen molar-refractivity contribution in [3.05, 3.63) is 17.8 Å². The van der Waals surface area contributed by atoms with Crippen LogP contribution in [0.15, 0.2) is 10.6 Å². The second-order valence-corrected chi connectivity index (χ2v) is 5.01. The monoisotopic (exact) mass is 224 g/mol. The van der Waals surface area contributed by atoms with E-state index in [1.54, 1.807) is 0 Å². The van der Waals surface area contributed by atoms with Gasteiger partial charge < -0.3 is 9.73 Å².